The van der Waals surface area contributed by atoms with Crippen LogP contribution < -0.4 is 11.1 Å². The number of hydrogen-bond donors (Lipinski definition) is 0. The molecule has 0 bridgehead atoms. The normalized spacial score (nSPS) is 11.0. The second kappa shape index (κ2) is 7.44. The van der Waals surface area contributed by atoms with E-state index < -0.39 is 29.6 Å². The Labute approximate surface area is 152 Å². The Morgan fingerprint density at radius 1 is 0.926 bits per heavy atom. The summed E-state index contributed by atoms with van der Waals surface area (Å²) in [5.74, 6) is -1.15. The molecule has 142 valence electrons. The number of fused-ring (bicyclic) bond motifs is 3. The average molecular weight is 374 g/mol. The predicted octanol–water partition coefficient (Wildman–Crippen LogP) is -0.0629. The monoisotopic (exact) mass is 374 g/mol. The molecule has 0 unspecified atom stereocenters. The van der Waals surface area contributed by atoms with Crippen LogP contribution in [0, 0.1) is 0 Å². The van der Waals surface area contributed by atoms with E-state index in [2.05, 4.69) is 5.10 Å². The third-order valence-electron chi connectivity index (χ3n) is 3.86. The van der Waals surface area contributed by atoms with Gasteiger partial charge in [-0.15, -0.1) is 5.10 Å². The Morgan fingerprint density at radius 3 is 2.15 bits per heavy atom. The molecule has 0 spiro atoms. The number of esters is 2. The third kappa shape index (κ3) is 3.33. The summed E-state index contributed by atoms with van der Waals surface area (Å²) in [6.45, 7) is 2.95. The number of imidazole rings is 1. The standard InChI is InChI=1S/C17H18N4O6/c1-3-26-13(22)9-19-11-7-5-6-8-12(11)21-16(25)15(24)20(18-17(19)21)10-14(23)27-4-2/h5-8H,3-4,9-10H2,1-2H3. The molecule has 2 heterocycles. The Balaban J connectivity index is 2.26. The van der Waals surface area contributed by atoms with Gasteiger partial charge in [0.05, 0.1) is 24.2 Å². The second-order valence-corrected chi connectivity index (χ2v) is 5.59. The van der Waals surface area contributed by atoms with E-state index in [4.69, 9.17) is 9.47 Å². The lowest BCUT2D eigenvalue weighted by atomic mass is 10.3. The number of ether oxygens (including phenoxy) is 2. The molecular weight excluding hydrogens is 356 g/mol. The van der Waals surface area contributed by atoms with Gasteiger partial charge in [0, 0.05) is 0 Å². The van der Waals surface area contributed by atoms with E-state index in [0.717, 1.165) is 9.08 Å². The zero-order valence-corrected chi connectivity index (χ0v) is 14.9. The minimum atomic E-state index is -0.959. The van der Waals surface area contributed by atoms with Crippen molar-refractivity contribution in [2.75, 3.05) is 13.2 Å². The molecule has 0 saturated carbocycles. The summed E-state index contributed by atoms with van der Waals surface area (Å²) >= 11 is 0. The van der Waals surface area contributed by atoms with Crippen LogP contribution in [0.5, 0.6) is 0 Å². The molecule has 3 aromatic rings. The van der Waals surface area contributed by atoms with Crippen molar-refractivity contribution in [3.8, 4) is 0 Å². The summed E-state index contributed by atoms with van der Waals surface area (Å²) in [6, 6.07) is 6.77. The Hall–Kier alpha value is -3.43. The van der Waals surface area contributed by atoms with Crippen LogP contribution in [-0.4, -0.2) is 43.9 Å². The van der Waals surface area contributed by atoms with Crippen molar-refractivity contribution in [2.24, 2.45) is 0 Å². The highest BCUT2D eigenvalue weighted by Gasteiger charge is 2.20. The van der Waals surface area contributed by atoms with Crippen molar-refractivity contribution in [1.29, 1.82) is 0 Å². The summed E-state index contributed by atoms with van der Waals surface area (Å²) in [5, 5.41) is 4.13. The van der Waals surface area contributed by atoms with E-state index in [1.54, 1.807) is 38.1 Å². The van der Waals surface area contributed by atoms with Crippen molar-refractivity contribution in [1.82, 2.24) is 18.7 Å². The highest BCUT2D eigenvalue weighted by atomic mass is 16.5. The Kier molecular flexibility index (Phi) is 5.06. The SMILES string of the molecule is CCOC(=O)Cn1nc2n(CC(=O)OCC)c3ccccc3n2c(=O)c1=O. The third-order valence-corrected chi connectivity index (χ3v) is 3.86. The fourth-order valence-corrected chi connectivity index (χ4v) is 2.80. The summed E-state index contributed by atoms with van der Waals surface area (Å²) in [6.07, 6.45) is 0. The highest BCUT2D eigenvalue weighted by Crippen LogP contribution is 2.17. The fourth-order valence-electron chi connectivity index (χ4n) is 2.80. The van der Waals surface area contributed by atoms with Gasteiger partial charge in [0.1, 0.15) is 13.1 Å². The first-order valence-corrected chi connectivity index (χ1v) is 8.40. The van der Waals surface area contributed by atoms with Crippen LogP contribution in [-0.2, 0) is 32.2 Å². The molecule has 0 aliphatic heterocycles. The minimum absolute atomic E-state index is 0.0538. The quantitative estimate of drug-likeness (QED) is 0.438. The molecule has 3 rings (SSSR count). The molecule has 0 fully saturated rings. The molecule has 0 saturated heterocycles. The lowest BCUT2D eigenvalue weighted by Gasteiger charge is -2.07. The largest absolute Gasteiger partial charge is 0.465 e. The summed E-state index contributed by atoms with van der Waals surface area (Å²) in [5.41, 5.74) is -0.874. The number of aromatic nitrogens is 4. The fraction of sp³-hybridized carbons (Fsp3) is 0.353. The first kappa shape index (κ1) is 18.4. The lowest BCUT2D eigenvalue weighted by Crippen LogP contribution is -2.42. The van der Waals surface area contributed by atoms with Crippen LogP contribution >= 0.6 is 0 Å². The number of rotatable bonds is 6. The molecule has 27 heavy (non-hydrogen) atoms. The maximum absolute atomic E-state index is 12.6. The molecule has 0 amide bonds. The van der Waals surface area contributed by atoms with Gasteiger partial charge >= 0.3 is 23.1 Å². The van der Waals surface area contributed by atoms with Crippen molar-refractivity contribution < 1.29 is 19.1 Å². The summed E-state index contributed by atoms with van der Waals surface area (Å²) < 4.78 is 13.1. The number of benzene rings is 1. The van der Waals surface area contributed by atoms with E-state index in [1.165, 1.54) is 4.57 Å². The van der Waals surface area contributed by atoms with Gasteiger partial charge in [-0.2, -0.15) is 0 Å². The van der Waals surface area contributed by atoms with Crippen LogP contribution in [0.25, 0.3) is 16.8 Å². The minimum Gasteiger partial charge on any atom is -0.465 e. The van der Waals surface area contributed by atoms with Gasteiger partial charge in [-0.05, 0) is 26.0 Å². The first-order valence-electron chi connectivity index (χ1n) is 8.40. The molecular formula is C17H18N4O6. The molecule has 0 aliphatic carbocycles. The molecule has 10 nitrogen and oxygen atoms in total. The van der Waals surface area contributed by atoms with Gasteiger partial charge in [-0.25, -0.2) is 9.08 Å². The van der Waals surface area contributed by atoms with Gasteiger partial charge in [-0.3, -0.25) is 23.7 Å². The molecule has 1 aromatic carbocycles. The van der Waals surface area contributed by atoms with E-state index in [9.17, 15) is 19.2 Å². The Bertz CT molecular complexity index is 1140. The molecule has 0 radical (unpaired) electrons. The van der Waals surface area contributed by atoms with E-state index in [1.807, 2.05) is 0 Å². The van der Waals surface area contributed by atoms with Gasteiger partial charge in [0.25, 0.3) is 0 Å². The average Bonchev–Trinajstić information content (AvgIpc) is 2.93. The number of nitrogens with zero attached hydrogens (tertiary/aromatic N) is 4. The molecule has 10 heteroatoms. The number of carbonyl (C=O) groups is 2. The van der Waals surface area contributed by atoms with E-state index in [-0.39, 0.29) is 25.5 Å². The van der Waals surface area contributed by atoms with Crippen molar-refractivity contribution >= 4 is 28.7 Å². The van der Waals surface area contributed by atoms with Crippen LogP contribution in [0.2, 0.25) is 0 Å². The van der Waals surface area contributed by atoms with Gasteiger partial charge in [0.2, 0.25) is 5.78 Å². The van der Waals surface area contributed by atoms with Crippen molar-refractivity contribution in [3.05, 3.63) is 45.0 Å². The first-order chi connectivity index (χ1) is 13.0. The zero-order chi connectivity index (χ0) is 19.6. The molecule has 0 N–H and O–H groups in total. The van der Waals surface area contributed by atoms with Crippen LogP contribution in [0.4, 0.5) is 0 Å². The van der Waals surface area contributed by atoms with Gasteiger partial charge < -0.3 is 9.47 Å². The molecule has 2 aromatic heterocycles. The number of carbonyl (C=O) groups excluding carboxylic acids is 2. The topological polar surface area (TPSA) is 114 Å². The number of hydrogen-bond acceptors (Lipinski definition) is 7. The maximum Gasteiger partial charge on any atom is 0.333 e. The summed E-state index contributed by atoms with van der Waals surface area (Å²) in [7, 11) is 0. The zero-order valence-electron chi connectivity index (χ0n) is 14.9. The number of para-hydroxylation sites is 2. The van der Waals surface area contributed by atoms with Crippen LogP contribution in [0.15, 0.2) is 33.9 Å². The van der Waals surface area contributed by atoms with Crippen LogP contribution in [0.3, 0.4) is 0 Å². The smallest absolute Gasteiger partial charge is 0.333 e. The maximum atomic E-state index is 12.6. The predicted molar refractivity (Wildman–Crippen MR) is 94.5 cm³/mol. The van der Waals surface area contributed by atoms with Crippen molar-refractivity contribution in [3.63, 3.8) is 0 Å². The summed E-state index contributed by atoms with van der Waals surface area (Å²) in [4.78, 5) is 48.7. The highest BCUT2D eigenvalue weighted by molar-refractivity contribution is 5.83. The van der Waals surface area contributed by atoms with Crippen LogP contribution in [0.1, 0.15) is 13.8 Å². The van der Waals surface area contributed by atoms with Crippen molar-refractivity contribution in [2.45, 2.75) is 26.9 Å². The second-order valence-electron chi connectivity index (χ2n) is 5.59. The lowest BCUT2D eigenvalue weighted by molar-refractivity contribution is -0.145. The molecule has 0 aliphatic rings. The van der Waals surface area contributed by atoms with Gasteiger partial charge in [0.15, 0.2) is 0 Å². The Morgan fingerprint density at radius 2 is 1.52 bits per heavy atom. The van der Waals surface area contributed by atoms with E-state index >= 15 is 0 Å². The van der Waals surface area contributed by atoms with E-state index in [0.29, 0.717) is 11.0 Å². The molecule has 0 atom stereocenters. The van der Waals surface area contributed by atoms with Gasteiger partial charge in [-0.1, -0.05) is 12.1 Å².